The average Bonchev–Trinajstić information content (AvgIpc) is 2.38. The summed E-state index contributed by atoms with van der Waals surface area (Å²) in [6.07, 6.45) is 0.794. The van der Waals surface area contributed by atoms with E-state index in [1.807, 2.05) is 6.92 Å². The Hall–Kier alpha value is -1.30. The molecule has 0 aliphatic rings. The molecule has 0 aliphatic carbocycles. The lowest BCUT2D eigenvalue weighted by molar-refractivity contribution is -0.139. The normalized spacial score (nSPS) is 12.2. The van der Waals surface area contributed by atoms with Crippen LogP contribution in [0, 0.1) is 0 Å². The van der Waals surface area contributed by atoms with Gasteiger partial charge in [0.15, 0.2) is 6.61 Å². The Labute approximate surface area is 117 Å². The Morgan fingerprint density at radius 3 is 2.84 bits per heavy atom. The molecule has 0 fully saturated rings. The molecule has 1 atom stereocenters. The maximum Gasteiger partial charge on any atom is 0.341 e. The summed E-state index contributed by atoms with van der Waals surface area (Å²) in [7, 11) is 0. The van der Waals surface area contributed by atoms with Crippen LogP contribution in [-0.4, -0.2) is 35.4 Å². The van der Waals surface area contributed by atoms with Crippen molar-refractivity contribution in [3.63, 3.8) is 0 Å². The molecule has 0 aromatic heterocycles. The number of rotatable bonds is 8. The summed E-state index contributed by atoms with van der Waals surface area (Å²) >= 11 is 5.91. The number of halogens is 1. The minimum Gasteiger partial charge on any atom is -0.482 e. The van der Waals surface area contributed by atoms with Crippen LogP contribution in [0.1, 0.15) is 18.9 Å². The molecule has 0 saturated carbocycles. The van der Waals surface area contributed by atoms with Crippen molar-refractivity contribution >= 4 is 17.6 Å². The van der Waals surface area contributed by atoms with Crippen LogP contribution < -0.4 is 10.1 Å². The predicted octanol–water partition coefficient (Wildman–Crippen LogP) is 1.66. The Balaban J connectivity index is 2.73. The molecule has 19 heavy (non-hydrogen) atoms. The molecule has 1 aromatic carbocycles. The van der Waals surface area contributed by atoms with E-state index in [0.717, 1.165) is 12.0 Å². The van der Waals surface area contributed by atoms with Gasteiger partial charge in [-0.3, -0.25) is 0 Å². The van der Waals surface area contributed by atoms with Gasteiger partial charge in [0.1, 0.15) is 5.75 Å². The number of ether oxygens (including phenoxy) is 1. The highest BCUT2D eigenvalue weighted by Gasteiger charge is 2.09. The molecule has 0 amide bonds. The molecular weight excluding hydrogens is 270 g/mol. The van der Waals surface area contributed by atoms with Crippen LogP contribution in [0.4, 0.5) is 0 Å². The molecular formula is C13H18ClNO4. The largest absolute Gasteiger partial charge is 0.482 e. The van der Waals surface area contributed by atoms with Gasteiger partial charge in [-0.05, 0) is 24.6 Å². The molecule has 5 nitrogen and oxygen atoms in total. The van der Waals surface area contributed by atoms with E-state index in [1.165, 1.54) is 0 Å². The van der Waals surface area contributed by atoms with Crippen LogP contribution in [0.3, 0.4) is 0 Å². The van der Waals surface area contributed by atoms with E-state index in [4.69, 9.17) is 26.6 Å². The molecule has 0 heterocycles. The lowest BCUT2D eigenvalue weighted by Crippen LogP contribution is -2.31. The number of hydrogen-bond acceptors (Lipinski definition) is 4. The summed E-state index contributed by atoms with van der Waals surface area (Å²) in [4.78, 5) is 10.5. The van der Waals surface area contributed by atoms with Crippen LogP contribution in [0.5, 0.6) is 5.75 Å². The van der Waals surface area contributed by atoms with Crippen molar-refractivity contribution < 1.29 is 19.7 Å². The van der Waals surface area contributed by atoms with Gasteiger partial charge in [-0.1, -0.05) is 18.5 Å². The molecule has 0 saturated heterocycles. The standard InChI is InChI=1S/C13H18ClNO4/c1-2-11(7-16)15-6-9-5-10(14)3-4-12(9)19-8-13(17)18/h3-5,11,15-16H,2,6-8H2,1H3,(H,17,18). The molecule has 0 radical (unpaired) electrons. The number of hydrogen-bond donors (Lipinski definition) is 3. The van der Waals surface area contributed by atoms with Crippen molar-refractivity contribution in [2.75, 3.05) is 13.2 Å². The number of carbonyl (C=O) groups is 1. The summed E-state index contributed by atoms with van der Waals surface area (Å²) in [5, 5.41) is 21.4. The van der Waals surface area contributed by atoms with Crippen LogP contribution in [0.25, 0.3) is 0 Å². The van der Waals surface area contributed by atoms with E-state index in [1.54, 1.807) is 18.2 Å². The van der Waals surface area contributed by atoms with Gasteiger partial charge in [0.05, 0.1) is 6.61 Å². The molecule has 0 spiro atoms. The third kappa shape index (κ3) is 5.46. The van der Waals surface area contributed by atoms with Crippen molar-refractivity contribution in [1.29, 1.82) is 0 Å². The van der Waals surface area contributed by atoms with E-state index in [2.05, 4.69) is 5.32 Å². The van der Waals surface area contributed by atoms with Crippen LogP contribution in [-0.2, 0) is 11.3 Å². The highest BCUT2D eigenvalue weighted by atomic mass is 35.5. The van der Waals surface area contributed by atoms with Gasteiger partial charge in [0.25, 0.3) is 0 Å². The molecule has 1 aromatic rings. The Kier molecular flexibility index (Phi) is 6.62. The molecule has 1 rings (SSSR count). The third-order valence-electron chi connectivity index (χ3n) is 2.67. The van der Waals surface area contributed by atoms with Gasteiger partial charge in [-0.25, -0.2) is 4.79 Å². The molecule has 6 heteroatoms. The minimum absolute atomic E-state index is 0.00805. The summed E-state index contributed by atoms with van der Waals surface area (Å²) in [6, 6.07) is 5.00. The average molecular weight is 288 g/mol. The first kappa shape index (κ1) is 15.8. The fourth-order valence-corrected chi connectivity index (χ4v) is 1.75. The number of aliphatic hydroxyl groups excluding tert-OH is 1. The fourth-order valence-electron chi connectivity index (χ4n) is 1.56. The van der Waals surface area contributed by atoms with Crippen LogP contribution >= 0.6 is 11.6 Å². The zero-order chi connectivity index (χ0) is 14.3. The first-order valence-corrected chi connectivity index (χ1v) is 6.41. The summed E-state index contributed by atoms with van der Waals surface area (Å²) in [6.45, 7) is 2.07. The number of aliphatic hydroxyl groups is 1. The van der Waals surface area contributed by atoms with Crippen molar-refractivity contribution in [3.8, 4) is 5.75 Å². The van der Waals surface area contributed by atoms with Gasteiger partial charge < -0.3 is 20.3 Å². The fraction of sp³-hybridized carbons (Fsp3) is 0.462. The van der Waals surface area contributed by atoms with Gasteiger partial charge in [-0.2, -0.15) is 0 Å². The van der Waals surface area contributed by atoms with Crippen molar-refractivity contribution in [1.82, 2.24) is 5.32 Å². The Morgan fingerprint density at radius 1 is 1.53 bits per heavy atom. The van der Waals surface area contributed by atoms with Crippen molar-refractivity contribution in [2.24, 2.45) is 0 Å². The molecule has 1 unspecified atom stereocenters. The second-order valence-electron chi connectivity index (χ2n) is 4.10. The zero-order valence-electron chi connectivity index (χ0n) is 10.7. The quantitative estimate of drug-likeness (QED) is 0.678. The number of carboxylic acids is 1. The van der Waals surface area contributed by atoms with Gasteiger partial charge in [0.2, 0.25) is 0 Å². The minimum atomic E-state index is -1.03. The van der Waals surface area contributed by atoms with E-state index >= 15 is 0 Å². The topological polar surface area (TPSA) is 78.8 Å². The maximum atomic E-state index is 10.5. The summed E-state index contributed by atoms with van der Waals surface area (Å²) < 4.78 is 5.19. The number of carboxylic acid groups (broad SMARTS) is 1. The maximum absolute atomic E-state index is 10.5. The van der Waals surface area contributed by atoms with E-state index < -0.39 is 12.6 Å². The van der Waals surface area contributed by atoms with E-state index in [9.17, 15) is 4.79 Å². The second-order valence-corrected chi connectivity index (χ2v) is 4.54. The van der Waals surface area contributed by atoms with Crippen molar-refractivity contribution in [2.45, 2.75) is 25.9 Å². The molecule has 3 N–H and O–H groups in total. The first-order chi connectivity index (χ1) is 9.06. The van der Waals surface area contributed by atoms with Crippen LogP contribution in [0.2, 0.25) is 5.02 Å². The van der Waals surface area contributed by atoms with Gasteiger partial charge in [0, 0.05) is 23.2 Å². The molecule has 106 valence electrons. The van der Waals surface area contributed by atoms with Gasteiger partial charge in [-0.15, -0.1) is 0 Å². The smallest absolute Gasteiger partial charge is 0.341 e. The summed E-state index contributed by atoms with van der Waals surface area (Å²) in [5.74, 6) is -0.553. The highest BCUT2D eigenvalue weighted by Crippen LogP contribution is 2.23. The Morgan fingerprint density at radius 2 is 2.26 bits per heavy atom. The van der Waals surface area contributed by atoms with E-state index in [-0.39, 0.29) is 12.6 Å². The third-order valence-corrected chi connectivity index (χ3v) is 2.90. The number of benzene rings is 1. The number of aliphatic carboxylic acids is 1. The molecule has 0 bridgehead atoms. The Bertz CT molecular complexity index is 421. The lowest BCUT2D eigenvalue weighted by atomic mass is 10.1. The van der Waals surface area contributed by atoms with Crippen LogP contribution in [0.15, 0.2) is 18.2 Å². The highest BCUT2D eigenvalue weighted by molar-refractivity contribution is 6.30. The zero-order valence-corrected chi connectivity index (χ0v) is 11.5. The van der Waals surface area contributed by atoms with Gasteiger partial charge >= 0.3 is 5.97 Å². The predicted molar refractivity (Wildman–Crippen MR) is 72.6 cm³/mol. The SMILES string of the molecule is CCC(CO)NCc1cc(Cl)ccc1OCC(=O)O. The van der Waals surface area contributed by atoms with E-state index in [0.29, 0.717) is 17.3 Å². The lowest BCUT2D eigenvalue weighted by Gasteiger charge is -2.16. The first-order valence-electron chi connectivity index (χ1n) is 6.04. The second kappa shape index (κ2) is 7.99. The monoisotopic (exact) mass is 287 g/mol. The number of nitrogens with one attached hydrogen (secondary N) is 1. The summed E-state index contributed by atoms with van der Waals surface area (Å²) in [5.41, 5.74) is 0.764. The van der Waals surface area contributed by atoms with Crippen molar-refractivity contribution in [3.05, 3.63) is 28.8 Å². The molecule has 0 aliphatic heterocycles.